The average molecular weight is 370 g/mol. The van der Waals surface area contributed by atoms with E-state index in [1.54, 1.807) is 24.3 Å². The van der Waals surface area contributed by atoms with Gasteiger partial charge in [-0.1, -0.05) is 6.92 Å². The van der Waals surface area contributed by atoms with Crippen LogP contribution in [0.25, 0.3) is 5.69 Å². The van der Waals surface area contributed by atoms with Crippen LogP contribution in [0.15, 0.2) is 71.9 Å². The Labute approximate surface area is 151 Å². The lowest BCUT2D eigenvalue weighted by atomic mass is 10.2. The number of aromatic nitrogens is 1. The number of nitrogens with zero attached hydrogens (tertiary/aromatic N) is 1. The molecular weight excluding hydrogens is 352 g/mol. The zero-order valence-corrected chi connectivity index (χ0v) is 14.9. The second kappa shape index (κ2) is 7.05. The van der Waals surface area contributed by atoms with Crippen molar-refractivity contribution < 1.29 is 18.3 Å². The Balaban J connectivity index is 1.83. The number of sulfone groups is 1. The van der Waals surface area contributed by atoms with Crippen molar-refractivity contribution in [3.8, 4) is 11.4 Å². The minimum Gasteiger partial charge on any atom is -0.506 e. The first-order valence-corrected chi connectivity index (χ1v) is 9.66. The zero-order chi connectivity index (χ0) is 18.7. The highest BCUT2D eigenvalue weighted by Gasteiger charge is 2.16. The lowest BCUT2D eigenvalue weighted by Crippen LogP contribution is -2.13. The summed E-state index contributed by atoms with van der Waals surface area (Å²) in [5, 5.41) is 12.5. The summed E-state index contributed by atoms with van der Waals surface area (Å²) >= 11 is 0. The number of nitrogens with one attached hydrogen (secondary N) is 1. The zero-order valence-electron chi connectivity index (χ0n) is 14.1. The molecule has 26 heavy (non-hydrogen) atoms. The minimum absolute atomic E-state index is 0.0519. The minimum atomic E-state index is -3.43. The fourth-order valence-electron chi connectivity index (χ4n) is 2.46. The Morgan fingerprint density at radius 1 is 1.08 bits per heavy atom. The molecule has 0 radical (unpaired) electrons. The van der Waals surface area contributed by atoms with E-state index in [9.17, 15) is 18.3 Å². The molecule has 0 spiro atoms. The summed E-state index contributed by atoms with van der Waals surface area (Å²) in [4.78, 5) is 12.5. The number of amides is 1. The van der Waals surface area contributed by atoms with Crippen molar-refractivity contribution in [1.82, 2.24) is 4.57 Å². The molecule has 1 amide bonds. The van der Waals surface area contributed by atoms with Crippen molar-refractivity contribution in [1.29, 1.82) is 0 Å². The third-order valence-electron chi connectivity index (χ3n) is 3.99. The molecule has 3 aromatic rings. The number of benzene rings is 2. The molecule has 0 aliphatic heterocycles. The van der Waals surface area contributed by atoms with Crippen molar-refractivity contribution in [2.45, 2.75) is 11.8 Å². The molecule has 2 N–H and O–H groups in total. The Bertz CT molecular complexity index is 1020. The Morgan fingerprint density at radius 2 is 1.73 bits per heavy atom. The summed E-state index contributed by atoms with van der Waals surface area (Å²) in [7, 11) is -3.43. The van der Waals surface area contributed by atoms with Gasteiger partial charge in [-0.05, 0) is 54.6 Å². The van der Waals surface area contributed by atoms with Gasteiger partial charge in [-0.3, -0.25) is 4.79 Å². The van der Waals surface area contributed by atoms with Gasteiger partial charge in [0.05, 0.1) is 16.3 Å². The largest absolute Gasteiger partial charge is 0.506 e. The normalized spacial score (nSPS) is 11.3. The molecule has 2 aromatic carbocycles. The van der Waals surface area contributed by atoms with E-state index < -0.39 is 15.7 Å². The summed E-state index contributed by atoms with van der Waals surface area (Å²) in [6, 6.07) is 14.6. The third kappa shape index (κ3) is 3.62. The predicted octanol–water partition coefficient (Wildman–Crippen LogP) is 3.23. The van der Waals surface area contributed by atoms with Crippen LogP contribution in [0.3, 0.4) is 0 Å². The highest BCUT2D eigenvalue weighted by Crippen LogP contribution is 2.27. The van der Waals surface area contributed by atoms with E-state index in [-0.39, 0.29) is 22.1 Å². The van der Waals surface area contributed by atoms with Gasteiger partial charge in [0.1, 0.15) is 5.75 Å². The van der Waals surface area contributed by atoms with Crippen LogP contribution in [0, 0.1) is 0 Å². The predicted molar refractivity (Wildman–Crippen MR) is 99.6 cm³/mol. The topological polar surface area (TPSA) is 88.4 Å². The molecule has 7 heteroatoms. The Hall–Kier alpha value is -3.06. The number of carbonyl (C=O) groups is 1. The molecule has 0 atom stereocenters. The molecule has 3 rings (SSSR count). The number of hydrogen-bond donors (Lipinski definition) is 2. The standard InChI is InChI=1S/C19H18N2O4S/c1-2-26(24,25)16-9-10-18(22)17(13-16)20-19(23)14-5-7-15(8-6-14)21-11-3-4-12-21/h3-13,22H,2H2,1H3,(H,20,23). The molecule has 0 aliphatic rings. The summed E-state index contributed by atoms with van der Waals surface area (Å²) in [6.07, 6.45) is 3.79. The molecule has 6 nitrogen and oxygen atoms in total. The lowest BCUT2D eigenvalue weighted by molar-refractivity contribution is 0.102. The fourth-order valence-corrected chi connectivity index (χ4v) is 3.37. The Morgan fingerprint density at radius 3 is 2.35 bits per heavy atom. The molecule has 0 unspecified atom stereocenters. The van der Waals surface area contributed by atoms with Gasteiger partial charge in [-0.25, -0.2) is 8.42 Å². The van der Waals surface area contributed by atoms with Gasteiger partial charge in [0.25, 0.3) is 5.91 Å². The second-order valence-corrected chi connectivity index (χ2v) is 7.95. The van der Waals surface area contributed by atoms with Crippen LogP contribution in [0.5, 0.6) is 5.75 Å². The van der Waals surface area contributed by atoms with Gasteiger partial charge in [0, 0.05) is 23.6 Å². The smallest absolute Gasteiger partial charge is 0.255 e. The van der Waals surface area contributed by atoms with Crippen LogP contribution in [-0.2, 0) is 9.84 Å². The summed E-state index contributed by atoms with van der Waals surface area (Å²) in [5.41, 5.74) is 1.36. The number of anilines is 1. The first-order chi connectivity index (χ1) is 12.4. The summed E-state index contributed by atoms with van der Waals surface area (Å²) < 4.78 is 25.9. The Kier molecular flexibility index (Phi) is 4.81. The summed E-state index contributed by atoms with van der Waals surface area (Å²) in [5.74, 6) is -0.700. The SMILES string of the molecule is CCS(=O)(=O)c1ccc(O)c(NC(=O)c2ccc(-n3cccc3)cc2)c1. The quantitative estimate of drug-likeness (QED) is 0.675. The van der Waals surface area contributed by atoms with Crippen molar-refractivity contribution in [3.05, 3.63) is 72.6 Å². The molecule has 134 valence electrons. The molecule has 0 saturated carbocycles. The van der Waals surface area contributed by atoms with Gasteiger partial charge in [0.2, 0.25) is 0 Å². The first-order valence-electron chi connectivity index (χ1n) is 8.01. The molecular formula is C19H18N2O4S. The summed E-state index contributed by atoms with van der Waals surface area (Å²) in [6.45, 7) is 1.53. The number of aromatic hydroxyl groups is 1. The second-order valence-electron chi connectivity index (χ2n) is 5.67. The van der Waals surface area contributed by atoms with E-state index in [1.807, 2.05) is 29.1 Å². The van der Waals surface area contributed by atoms with Gasteiger partial charge >= 0.3 is 0 Å². The first kappa shape index (κ1) is 17.8. The van der Waals surface area contributed by atoms with Crippen molar-refractivity contribution in [3.63, 3.8) is 0 Å². The molecule has 0 saturated heterocycles. The lowest BCUT2D eigenvalue weighted by Gasteiger charge is -2.10. The van der Waals surface area contributed by atoms with E-state index in [4.69, 9.17) is 0 Å². The van der Waals surface area contributed by atoms with E-state index in [2.05, 4.69) is 5.32 Å². The monoisotopic (exact) mass is 370 g/mol. The number of hydrogen-bond acceptors (Lipinski definition) is 4. The molecule has 0 aliphatic carbocycles. The van der Waals surface area contributed by atoms with Gasteiger partial charge in [-0.15, -0.1) is 0 Å². The number of rotatable bonds is 5. The van der Waals surface area contributed by atoms with Crippen LogP contribution >= 0.6 is 0 Å². The van der Waals surface area contributed by atoms with Gasteiger partial charge in [0.15, 0.2) is 9.84 Å². The van der Waals surface area contributed by atoms with Crippen LogP contribution in [0.2, 0.25) is 0 Å². The van der Waals surface area contributed by atoms with E-state index >= 15 is 0 Å². The van der Waals surface area contributed by atoms with Crippen LogP contribution in [0.4, 0.5) is 5.69 Å². The fraction of sp³-hybridized carbons (Fsp3) is 0.105. The van der Waals surface area contributed by atoms with Gasteiger partial charge < -0.3 is 15.0 Å². The molecule has 0 bridgehead atoms. The maximum atomic E-state index is 12.4. The third-order valence-corrected chi connectivity index (χ3v) is 5.72. The van der Waals surface area contributed by atoms with Crippen molar-refractivity contribution in [2.24, 2.45) is 0 Å². The molecule has 1 aromatic heterocycles. The maximum absolute atomic E-state index is 12.4. The van der Waals surface area contributed by atoms with Crippen LogP contribution < -0.4 is 5.32 Å². The van der Waals surface area contributed by atoms with Crippen molar-refractivity contribution >= 4 is 21.4 Å². The van der Waals surface area contributed by atoms with E-state index in [0.717, 1.165) is 5.69 Å². The maximum Gasteiger partial charge on any atom is 0.255 e. The number of phenolic OH excluding ortho intramolecular Hbond substituents is 1. The van der Waals surface area contributed by atoms with E-state index in [0.29, 0.717) is 5.56 Å². The highest BCUT2D eigenvalue weighted by atomic mass is 32.2. The van der Waals surface area contributed by atoms with Gasteiger partial charge in [-0.2, -0.15) is 0 Å². The highest BCUT2D eigenvalue weighted by molar-refractivity contribution is 7.91. The van der Waals surface area contributed by atoms with Crippen LogP contribution in [0.1, 0.15) is 17.3 Å². The van der Waals surface area contributed by atoms with E-state index in [1.165, 1.54) is 25.1 Å². The molecule has 0 fully saturated rings. The average Bonchev–Trinajstić information content (AvgIpc) is 3.18. The van der Waals surface area contributed by atoms with Crippen LogP contribution in [-0.4, -0.2) is 29.8 Å². The van der Waals surface area contributed by atoms with Crippen molar-refractivity contribution in [2.75, 3.05) is 11.1 Å². The number of phenols is 1. The molecule has 1 heterocycles. The number of carbonyl (C=O) groups excluding carboxylic acids is 1.